The Morgan fingerprint density at radius 3 is 2.49 bits per heavy atom. The molecule has 18 heteroatoms. The maximum atomic E-state index is 17.4. The lowest BCUT2D eigenvalue weighted by atomic mass is 9.95. The number of ether oxygens (including phenoxy) is 3. The maximum Gasteiger partial charge on any atom is 0.319 e. The maximum absolute atomic E-state index is 17.4. The van der Waals surface area contributed by atoms with Crippen molar-refractivity contribution in [1.82, 2.24) is 35.0 Å². The molecule has 4 saturated heterocycles. The number of fused-ring (bicyclic) bond motifs is 4. The highest BCUT2D eigenvalue weighted by atomic mass is 19.1. The molecule has 12 rings (SSSR count). The number of hydrogen-bond donors (Lipinski definition) is 2. The first-order valence-electron chi connectivity index (χ1n) is 25.3. The highest BCUT2D eigenvalue weighted by molar-refractivity contribution is 6.06. The van der Waals surface area contributed by atoms with Gasteiger partial charge in [0.1, 0.15) is 40.0 Å². The molecule has 7 aliphatic rings. The molecular weight excluding hydrogens is 925 g/mol. The first-order valence-corrected chi connectivity index (χ1v) is 25.3. The lowest BCUT2D eigenvalue weighted by Gasteiger charge is -2.40. The van der Waals surface area contributed by atoms with Crippen LogP contribution in [-0.2, 0) is 20.9 Å². The third-order valence-corrected chi connectivity index (χ3v) is 16.1. The van der Waals surface area contributed by atoms with Gasteiger partial charge in [0, 0.05) is 106 Å². The zero-order valence-corrected chi connectivity index (χ0v) is 40.3. The summed E-state index contributed by atoms with van der Waals surface area (Å²) in [4.78, 5) is 63.1. The fourth-order valence-electron chi connectivity index (χ4n) is 11.9. The molecule has 5 aliphatic heterocycles. The number of nitrogens with one attached hydrogen (secondary N) is 1. The summed E-state index contributed by atoms with van der Waals surface area (Å²) in [6, 6.07) is 10.9. The van der Waals surface area contributed by atoms with Crippen LogP contribution in [0.2, 0.25) is 0 Å². The highest BCUT2D eigenvalue weighted by Gasteiger charge is 2.48. The number of aromatic nitrogens is 3. The van der Waals surface area contributed by atoms with E-state index in [1.54, 1.807) is 4.90 Å². The number of piperazine rings is 1. The number of phenols is 1. The van der Waals surface area contributed by atoms with E-state index in [-0.39, 0.29) is 86.5 Å². The standard InChI is InChI=1S/C54H57F2N9O7/c1-3-36-39(55)8-5-32-24-35(66)25-38(44(32)36)47-46(56)48-45(51(58-47)70-2)49(64-15-4-22-71-42-26-41(42)64)60-53(59-48)72-30-54(13-14-54)29-62-20-18-61(19-21-62)27-31-11-16-63(17-12-31)34-6-7-37-33(23-34)28-65(52(37)69)40-9-10-43(67)57-50(40)68/h1,5-8,23-25,31,40-42,66H,4,9-22,26-30H2,2H3,(H,57,67,68)/t40-,41-,42+/m0/s1. The summed E-state index contributed by atoms with van der Waals surface area (Å²) in [5.41, 5.74) is 2.32. The molecule has 2 N–H and O–H groups in total. The van der Waals surface area contributed by atoms with Gasteiger partial charge >= 0.3 is 6.01 Å². The molecule has 0 bridgehead atoms. The van der Waals surface area contributed by atoms with Gasteiger partial charge in [0.05, 0.1) is 31.4 Å². The number of amides is 3. The number of imide groups is 1. The third-order valence-electron chi connectivity index (χ3n) is 16.1. The second-order valence-corrected chi connectivity index (χ2v) is 20.8. The van der Waals surface area contributed by atoms with Crippen molar-refractivity contribution in [2.24, 2.45) is 11.3 Å². The molecule has 6 fully saturated rings. The Balaban J connectivity index is 0.702. The van der Waals surface area contributed by atoms with E-state index >= 15 is 8.78 Å². The van der Waals surface area contributed by atoms with Crippen LogP contribution in [0, 0.1) is 35.3 Å². The fourth-order valence-corrected chi connectivity index (χ4v) is 11.9. The number of piperidine rings is 2. The Hall–Kier alpha value is -6.68. The van der Waals surface area contributed by atoms with Crippen molar-refractivity contribution in [2.45, 2.75) is 76.1 Å². The van der Waals surface area contributed by atoms with Crippen LogP contribution in [0.25, 0.3) is 32.9 Å². The van der Waals surface area contributed by atoms with Gasteiger partial charge < -0.3 is 43.8 Å². The summed E-state index contributed by atoms with van der Waals surface area (Å²) >= 11 is 0. The fraction of sp³-hybridized carbons (Fsp3) is 0.481. The van der Waals surface area contributed by atoms with Gasteiger partial charge in [-0.15, -0.1) is 6.42 Å². The van der Waals surface area contributed by atoms with E-state index in [9.17, 15) is 19.5 Å². The predicted molar refractivity (Wildman–Crippen MR) is 264 cm³/mol. The van der Waals surface area contributed by atoms with Crippen LogP contribution in [0.3, 0.4) is 0 Å². The largest absolute Gasteiger partial charge is 0.508 e. The number of carbonyl (C=O) groups excluding carboxylic acids is 3. The van der Waals surface area contributed by atoms with Crippen LogP contribution in [0.1, 0.15) is 72.9 Å². The molecular formula is C54H57F2N9O7. The van der Waals surface area contributed by atoms with E-state index in [0.717, 1.165) is 102 Å². The topological polar surface area (TPSA) is 166 Å². The number of aromatic hydroxyl groups is 1. The summed E-state index contributed by atoms with van der Waals surface area (Å²) in [5, 5.41) is 14.1. The lowest BCUT2D eigenvalue weighted by molar-refractivity contribution is -0.136. The van der Waals surface area contributed by atoms with Gasteiger partial charge in [-0.2, -0.15) is 9.97 Å². The van der Waals surface area contributed by atoms with Crippen molar-refractivity contribution in [3.05, 3.63) is 70.8 Å². The van der Waals surface area contributed by atoms with E-state index < -0.39 is 23.6 Å². The molecule has 3 aromatic carbocycles. The Morgan fingerprint density at radius 2 is 1.72 bits per heavy atom. The van der Waals surface area contributed by atoms with Crippen LogP contribution in [0.15, 0.2) is 42.5 Å². The van der Waals surface area contributed by atoms with Gasteiger partial charge in [-0.25, -0.2) is 13.8 Å². The van der Waals surface area contributed by atoms with Gasteiger partial charge in [-0.05, 0) is 98.2 Å². The molecule has 72 heavy (non-hydrogen) atoms. The number of rotatable bonds is 12. The monoisotopic (exact) mass is 981 g/mol. The zero-order valence-electron chi connectivity index (χ0n) is 40.3. The molecule has 0 unspecified atom stereocenters. The smallest absolute Gasteiger partial charge is 0.319 e. The first-order chi connectivity index (χ1) is 35.0. The van der Waals surface area contributed by atoms with Crippen LogP contribution in [0.4, 0.5) is 20.3 Å². The molecule has 5 aromatic rings. The second kappa shape index (κ2) is 18.4. The van der Waals surface area contributed by atoms with Crippen molar-refractivity contribution < 1.29 is 42.5 Å². The average molecular weight is 982 g/mol. The molecule has 2 saturated carbocycles. The number of nitrogens with zero attached hydrogens (tertiary/aromatic N) is 8. The summed E-state index contributed by atoms with van der Waals surface area (Å²) in [5.74, 6) is 1.05. The number of benzene rings is 3. The van der Waals surface area contributed by atoms with Gasteiger partial charge in [-0.1, -0.05) is 12.0 Å². The first kappa shape index (κ1) is 46.4. The molecule has 3 atom stereocenters. The summed E-state index contributed by atoms with van der Waals surface area (Å²) in [6.45, 7) is 9.65. The Morgan fingerprint density at radius 1 is 0.917 bits per heavy atom. The van der Waals surface area contributed by atoms with Crippen LogP contribution >= 0.6 is 0 Å². The van der Waals surface area contributed by atoms with E-state index in [0.29, 0.717) is 55.4 Å². The number of terminal acetylenes is 1. The number of halogens is 2. The molecule has 2 aromatic heterocycles. The summed E-state index contributed by atoms with van der Waals surface area (Å²) in [6.07, 6.45) is 12.1. The molecule has 0 spiro atoms. The number of phenolic OH excluding ortho intramolecular Hbond substituents is 1. The molecule has 374 valence electrons. The van der Waals surface area contributed by atoms with Gasteiger partial charge in [0.25, 0.3) is 5.91 Å². The predicted octanol–water partition coefficient (Wildman–Crippen LogP) is 5.64. The van der Waals surface area contributed by atoms with Gasteiger partial charge in [-0.3, -0.25) is 19.7 Å². The average Bonchev–Trinajstić information content (AvgIpc) is 4.31. The summed E-state index contributed by atoms with van der Waals surface area (Å²) in [7, 11) is 1.45. The minimum absolute atomic E-state index is 0.0316. The van der Waals surface area contributed by atoms with E-state index in [2.05, 4.69) is 41.9 Å². The minimum atomic E-state index is -0.805. The SMILES string of the molecule is C#Cc1c(F)ccc2cc(O)cc(-c3nc(OC)c4c(N5CCCO[C@@H]6C[C@@H]65)nc(OCC5(CN6CCN(CC7CCN(c8ccc9c(c8)CN([C@H]8CCC(=O)NC8=O)C9=O)CC7)CC6)CC5)nc4c3F)c12. The van der Waals surface area contributed by atoms with Crippen LogP contribution < -0.4 is 24.6 Å². The third kappa shape index (κ3) is 8.58. The Labute approximate surface area is 415 Å². The van der Waals surface area contributed by atoms with E-state index in [4.69, 9.17) is 30.6 Å². The van der Waals surface area contributed by atoms with Crippen LogP contribution in [0.5, 0.6) is 17.6 Å². The Bertz CT molecular complexity index is 3070. The minimum Gasteiger partial charge on any atom is -0.508 e. The van der Waals surface area contributed by atoms with Crippen molar-refractivity contribution in [1.29, 1.82) is 0 Å². The van der Waals surface area contributed by atoms with Crippen molar-refractivity contribution >= 4 is 50.9 Å². The number of methoxy groups -OCH3 is 1. The van der Waals surface area contributed by atoms with Crippen molar-refractivity contribution in [3.63, 3.8) is 0 Å². The number of pyridine rings is 1. The van der Waals surface area contributed by atoms with E-state index in [1.807, 2.05) is 12.1 Å². The second-order valence-electron chi connectivity index (χ2n) is 20.8. The van der Waals surface area contributed by atoms with Crippen molar-refractivity contribution in [3.8, 4) is 41.2 Å². The summed E-state index contributed by atoms with van der Waals surface area (Å²) < 4.78 is 51.0. The lowest BCUT2D eigenvalue weighted by Crippen LogP contribution is -2.52. The quantitative estimate of drug-likeness (QED) is 0.117. The van der Waals surface area contributed by atoms with Crippen LogP contribution in [-0.4, -0.2) is 150 Å². The normalized spacial score (nSPS) is 23.4. The molecule has 7 heterocycles. The van der Waals surface area contributed by atoms with Gasteiger partial charge in [0.15, 0.2) is 5.82 Å². The molecule has 16 nitrogen and oxygen atoms in total. The number of carbonyl (C=O) groups is 3. The zero-order chi connectivity index (χ0) is 49.4. The molecule has 0 radical (unpaired) electrons. The van der Waals surface area contributed by atoms with E-state index in [1.165, 1.54) is 31.4 Å². The number of anilines is 2. The molecule has 3 amide bonds. The highest BCUT2D eigenvalue weighted by Crippen LogP contribution is 2.48. The number of hydrogen-bond acceptors (Lipinski definition) is 14. The molecule has 2 aliphatic carbocycles. The Kier molecular flexibility index (Phi) is 11.9. The van der Waals surface area contributed by atoms with Crippen molar-refractivity contribution in [2.75, 3.05) is 89.0 Å². The van der Waals surface area contributed by atoms with Gasteiger partial charge in [0.2, 0.25) is 17.7 Å².